The van der Waals surface area contributed by atoms with Crippen LogP contribution >= 0.6 is 0 Å². The molecule has 0 spiro atoms. The molecule has 4 heteroatoms. The predicted molar refractivity (Wildman–Crippen MR) is 70.6 cm³/mol. The second kappa shape index (κ2) is 3.84. The molecule has 0 amide bonds. The first-order valence-electron chi connectivity index (χ1n) is 5.66. The summed E-state index contributed by atoms with van der Waals surface area (Å²) in [4.78, 5) is 7.55. The summed E-state index contributed by atoms with van der Waals surface area (Å²) in [6.07, 6.45) is 0. The molecule has 90 valence electrons. The number of halogens is 1. The molecule has 0 unspecified atom stereocenters. The molecule has 0 aliphatic carbocycles. The number of nitrogens with zero attached hydrogens (tertiary/aromatic N) is 1. The van der Waals surface area contributed by atoms with Crippen LogP contribution < -0.4 is 5.73 Å². The summed E-state index contributed by atoms with van der Waals surface area (Å²) in [5.41, 5.74) is 9.40. The zero-order chi connectivity index (χ0) is 12.7. The summed E-state index contributed by atoms with van der Waals surface area (Å²) < 4.78 is 13.8. The monoisotopic (exact) mass is 241 g/mol. The summed E-state index contributed by atoms with van der Waals surface area (Å²) in [6.45, 7) is 1.97. The van der Waals surface area contributed by atoms with Gasteiger partial charge in [-0.2, -0.15) is 0 Å². The Morgan fingerprint density at radius 2 is 2.06 bits per heavy atom. The van der Waals surface area contributed by atoms with Gasteiger partial charge in [0.1, 0.15) is 11.6 Å². The molecule has 3 N–H and O–H groups in total. The average Bonchev–Trinajstić information content (AvgIpc) is 2.77. The van der Waals surface area contributed by atoms with Crippen molar-refractivity contribution < 1.29 is 4.39 Å². The van der Waals surface area contributed by atoms with Crippen LogP contribution in [0.5, 0.6) is 0 Å². The average molecular weight is 241 g/mol. The Morgan fingerprint density at radius 1 is 1.22 bits per heavy atom. The molecule has 1 aromatic heterocycles. The van der Waals surface area contributed by atoms with Crippen LogP contribution in [0.15, 0.2) is 36.4 Å². The van der Waals surface area contributed by atoms with Gasteiger partial charge in [-0.3, -0.25) is 0 Å². The fourth-order valence-electron chi connectivity index (χ4n) is 2.03. The lowest BCUT2D eigenvalue weighted by Gasteiger charge is -2.00. The van der Waals surface area contributed by atoms with Crippen LogP contribution in [0.1, 0.15) is 5.56 Å². The smallest absolute Gasteiger partial charge is 0.141 e. The van der Waals surface area contributed by atoms with E-state index in [1.807, 2.05) is 25.1 Å². The number of hydrogen-bond acceptors (Lipinski definition) is 2. The number of benzene rings is 2. The number of nitrogen functional groups attached to an aromatic ring is 1. The molecule has 3 rings (SSSR count). The van der Waals surface area contributed by atoms with Crippen LogP contribution in [0.3, 0.4) is 0 Å². The molecule has 0 saturated heterocycles. The van der Waals surface area contributed by atoms with Crippen molar-refractivity contribution in [3.8, 4) is 11.4 Å². The Hall–Kier alpha value is -2.36. The van der Waals surface area contributed by atoms with Crippen LogP contribution in [0.2, 0.25) is 0 Å². The molecular formula is C14H12FN3. The first-order valence-corrected chi connectivity index (χ1v) is 5.66. The number of para-hydroxylation sites is 1. The van der Waals surface area contributed by atoms with Crippen molar-refractivity contribution in [1.29, 1.82) is 0 Å². The van der Waals surface area contributed by atoms with Gasteiger partial charge in [-0.15, -0.1) is 0 Å². The van der Waals surface area contributed by atoms with Crippen LogP contribution in [-0.4, -0.2) is 9.97 Å². The van der Waals surface area contributed by atoms with Crippen molar-refractivity contribution in [2.24, 2.45) is 0 Å². The van der Waals surface area contributed by atoms with Crippen LogP contribution in [0, 0.1) is 12.7 Å². The molecule has 0 radical (unpaired) electrons. The first-order chi connectivity index (χ1) is 8.65. The predicted octanol–water partition coefficient (Wildman–Crippen LogP) is 3.26. The topological polar surface area (TPSA) is 54.7 Å². The minimum absolute atomic E-state index is 0.332. The largest absolute Gasteiger partial charge is 0.399 e. The Balaban J connectivity index is 2.26. The first kappa shape index (κ1) is 10.8. The second-order valence-electron chi connectivity index (χ2n) is 4.30. The normalized spacial score (nSPS) is 11.0. The van der Waals surface area contributed by atoms with Gasteiger partial charge in [0.15, 0.2) is 0 Å². The van der Waals surface area contributed by atoms with E-state index >= 15 is 0 Å². The lowest BCUT2D eigenvalue weighted by atomic mass is 10.2. The molecular weight excluding hydrogens is 229 g/mol. The lowest BCUT2D eigenvalue weighted by Crippen LogP contribution is -1.90. The molecule has 2 aromatic carbocycles. The zero-order valence-corrected chi connectivity index (χ0v) is 9.87. The maximum absolute atomic E-state index is 13.8. The number of hydrogen-bond donors (Lipinski definition) is 2. The Bertz CT molecular complexity index is 731. The standard InChI is InChI=1S/C14H12FN3/c1-8-3-2-4-12-13(8)18-14(17-12)10-7-9(16)5-6-11(10)15/h2-7H,16H2,1H3,(H,17,18). The van der Waals surface area contributed by atoms with Crippen molar-refractivity contribution in [2.75, 3.05) is 5.73 Å². The van der Waals surface area contributed by atoms with E-state index in [9.17, 15) is 4.39 Å². The number of aromatic amines is 1. The maximum atomic E-state index is 13.8. The van der Waals surface area contributed by atoms with Gasteiger partial charge in [-0.05, 0) is 36.8 Å². The number of H-pyrrole nitrogens is 1. The Morgan fingerprint density at radius 3 is 2.83 bits per heavy atom. The molecule has 0 bridgehead atoms. The van der Waals surface area contributed by atoms with Crippen LogP contribution in [0.25, 0.3) is 22.4 Å². The number of nitrogens with one attached hydrogen (secondary N) is 1. The molecule has 3 aromatic rings. The van der Waals surface area contributed by atoms with Crippen molar-refractivity contribution in [2.45, 2.75) is 6.92 Å². The quantitative estimate of drug-likeness (QED) is 0.642. The number of aromatic nitrogens is 2. The molecule has 3 nitrogen and oxygen atoms in total. The van der Waals surface area contributed by atoms with Crippen molar-refractivity contribution >= 4 is 16.7 Å². The van der Waals surface area contributed by atoms with Gasteiger partial charge in [0.05, 0.1) is 16.6 Å². The van der Waals surface area contributed by atoms with Crippen molar-refractivity contribution in [3.05, 3.63) is 47.8 Å². The summed E-state index contributed by atoms with van der Waals surface area (Å²) in [5, 5.41) is 0. The number of imidazole rings is 1. The lowest BCUT2D eigenvalue weighted by molar-refractivity contribution is 0.630. The maximum Gasteiger partial charge on any atom is 0.141 e. The molecule has 0 aliphatic heterocycles. The van der Waals surface area contributed by atoms with Gasteiger partial charge in [0, 0.05) is 5.69 Å². The molecule has 1 heterocycles. The minimum Gasteiger partial charge on any atom is -0.399 e. The minimum atomic E-state index is -0.332. The third-order valence-electron chi connectivity index (χ3n) is 2.96. The van der Waals surface area contributed by atoms with E-state index < -0.39 is 0 Å². The Kier molecular flexibility index (Phi) is 2.30. The van der Waals surface area contributed by atoms with E-state index in [1.54, 1.807) is 6.07 Å². The van der Waals surface area contributed by atoms with E-state index in [0.29, 0.717) is 17.1 Å². The number of nitrogens with two attached hydrogens (primary N) is 1. The SMILES string of the molecule is Cc1cccc2[nH]c(-c3cc(N)ccc3F)nc12. The highest BCUT2D eigenvalue weighted by atomic mass is 19.1. The van der Waals surface area contributed by atoms with Crippen molar-refractivity contribution in [3.63, 3.8) is 0 Å². The molecule has 0 fully saturated rings. The summed E-state index contributed by atoms with van der Waals surface area (Å²) in [6, 6.07) is 10.3. The highest BCUT2D eigenvalue weighted by Gasteiger charge is 2.11. The van der Waals surface area contributed by atoms with Gasteiger partial charge in [0.2, 0.25) is 0 Å². The van der Waals surface area contributed by atoms with E-state index in [1.165, 1.54) is 12.1 Å². The summed E-state index contributed by atoms with van der Waals surface area (Å²) >= 11 is 0. The number of rotatable bonds is 1. The number of aryl methyl sites for hydroxylation is 1. The van der Waals surface area contributed by atoms with E-state index in [0.717, 1.165) is 16.6 Å². The molecule has 0 saturated carbocycles. The van der Waals surface area contributed by atoms with E-state index in [4.69, 9.17) is 5.73 Å². The molecule has 0 atom stereocenters. The highest BCUT2D eigenvalue weighted by Crippen LogP contribution is 2.26. The highest BCUT2D eigenvalue weighted by molar-refractivity contribution is 5.82. The summed E-state index contributed by atoms with van der Waals surface area (Å²) in [7, 11) is 0. The zero-order valence-electron chi connectivity index (χ0n) is 9.87. The molecule has 0 aliphatic rings. The van der Waals surface area contributed by atoms with E-state index in [2.05, 4.69) is 9.97 Å². The van der Waals surface area contributed by atoms with Gasteiger partial charge in [0.25, 0.3) is 0 Å². The third kappa shape index (κ3) is 1.62. The fourth-order valence-corrected chi connectivity index (χ4v) is 2.03. The van der Waals surface area contributed by atoms with Crippen LogP contribution in [0.4, 0.5) is 10.1 Å². The van der Waals surface area contributed by atoms with Gasteiger partial charge >= 0.3 is 0 Å². The van der Waals surface area contributed by atoms with Crippen LogP contribution in [-0.2, 0) is 0 Å². The fraction of sp³-hybridized carbons (Fsp3) is 0.0714. The second-order valence-corrected chi connectivity index (χ2v) is 4.30. The number of fused-ring (bicyclic) bond motifs is 1. The van der Waals surface area contributed by atoms with E-state index in [-0.39, 0.29) is 5.82 Å². The summed E-state index contributed by atoms with van der Waals surface area (Å²) in [5.74, 6) is 0.171. The number of anilines is 1. The Labute approximate surface area is 103 Å². The van der Waals surface area contributed by atoms with Gasteiger partial charge in [-0.1, -0.05) is 12.1 Å². The third-order valence-corrected chi connectivity index (χ3v) is 2.96. The molecule has 18 heavy (non-hydrogen) atoms. The van der Waals surface area contributed by atoms with Gasteiger partial charge < -0.3 is 10.7 Å². The van der Waals surface area contributed by atoms with Gasteiger partial charge in [-0.25, -0.2) is 9.37 Å². The van der Waals surface area contributed by atoms with Crippen molar-refractivity contribution in [1.82, 2.24) is 9.97 Å².